The number of aromatic nitrogens is 1. The standard InChI is InChI=1S/C21H20ClN3O5S/c1-12-9-13(7-8-15(12)22)30-10-18(26)24-25-20(27)16-11-31-21(23-16)14-5-4-6-17(28-2)19(14)29-3/h4-9,11H,10H2,1-3H3,(H,24,26)(H,25,27). The van der Waals surface area contributed by atoms with Crippen LogP contribution in [0.5, 0.6) is 17.2 Å². The Morgan fingerprint density at radius 2 is 1.94 bits per heavy atom. The Bertz CT molecular complexity index is 1100. The van der Waals surface area contributed by atoms with E-state index in [2.05, 4.69) is 15.8 Å². The molecule has 3 rings (SSSR count). The summed E-state index contributed by atoms with van der Waals surface area (Å²) >= 11 is 7.23. The summed E-state index contributed by atoms with van der Waals surface area (Å²) < 4.78 is 16.1. The molecule has 3 aromatic rings. The number of amides is 2. The van der Waals surface area contributed by atoms with Crippen LogP contribution in [-0.4, -0.2) is 37.6 Å². The lowest BCUT2D eigenvalue weighted by Crippen LogP contribution is -2.43. The first-order chi connectivity index (χ1) is 14.9. The van der Waals surface area contributed by atoms with Gasteiger partial charge in [-0.15, -0.1) is 11.3 Å². The molecule has 31 heavy (non-hydrogen) atoms. The second-order valence-electron chi connectivity index (χ2n) is 6.28. The first kappa shape index (κ1) is 22.4. The highest BCUT2D eigenvalue weighted by Gasteiger charge is 2.17. The number of hydrogen-bond acceptors (Lipinski definition) is 7. The van der Waals surface area contributed by atoms with Gasteiger partial charge in [-0.25, -0.2) is 4.98 Å². The molecule has 162 valence electrons. The molecule has 0 radical (unpaired) electrons. The van der Waals surface area contributed by atoms with Crippen molar-refractivity contribution in [3.63, 3.8) is 0 Å². The van der Waals surface area contributed by atoms with E-state index in [1.807, 2.05) is 13.0 Å². The fourth-order valence-corrected chi connectivity index (χ4v) is 3.58. The molecule has 0 spiro atoms. The van der Waals surface area contributed by atoms with Crippen molar-refractivity contribution in [3.05, 3.63) is 58.1 Å². The molecular formula is C21H20ClN3O5S. The van der Waals surface area contributed by atoms with Crippen LogP contribution in [0.3, 0.4) is 0 Å². The van der Waals surface area contributed by atoms with Gasteiger partial charge in [-0.1, -0.05) is 17.7 Å². The number of methoxy groups -OCH3 is 2. The number of benzene rings is 2. The largest absolute Gasteiger partial charge is 0.493 e. The Hall–Kier alpha value is -3.30. The zero-order chi connectivity index (χ0) is 22.4. The first-order valence-corrected chi connectivity index (χ1v) is 10.3. The molecule has 10 heteroatoms. The predicted octanol–water partition coefficient (Wildman–Crippen LogP) is 3.63. The summed E-state index contributed by atoms with van der Waals surface area (Å²) in [6, 6.07) is 10.5. The van der Waals surface area contributed by atoms with Gasteiger partial charge >= 0.3 is 0 Å². The number of halogens is 1. The molecule has 2 N–H and O–H groups in total. The number of nitrogens with zero attached hydrogens (tertiary/aromatic N) is 1. The van der Waals surface area contributed by atoms with Crippen LogP contribution in [0.15, 0.2) is 41.8 Å². The Balaban J connectivity index is 1.58. The van der Waals surface area contributed by atoms with Crippen molar-refractivity contribution in [1.82, 2.24) is 15.8 Å². The topological polar surface area (TPSA) is 98.8 Å². The van der Waals surface area contributed by atoms with Crippen molar-refractivity contribution in [1.29, 1.82) is 0 Å². The van der Waals surface area contributed by atoms with E-state index >= 15 is 0 Å². The molecule has 0 bridgehead atoms. The van der Waals surface area contributed by atoms with Crippen LogP contribution in [-0.2, 0) is 4.79 Å². The third kappa shape index (κ3) is 5.44. The first-order valence-electron chi connectivity index (χ1n) is 9.08. The molecule has 0 aliphatic carbocycles. The molecule has 0 saturated heterocycles. The average molecular weight is 462 g/mol. The highest BCUT2D eigenvalue weighted by molar-refractivity contribution is 7.13. The van der Waals surface area contributed by atoms with Gasteiger partial charge in [-0.3, -0.25) is 20.4 Å². The minimum atomic E-state index is -0.556. The fourth-order valence-electron chi connectivity index (χ4n) is 2.64. The Labute approximate surface area is 188 Å². The molecule has 0 saturated carbocycles. The molecule has 1 heterocycles. The molecule has 0 fully saturated rings. The Morgan fingerprint density at radius 3 is 2.65 bits per heavy atom. The van der Waals surface area contributed by atoms with E-state index in [0.29, 0.717) is 32.8 Å². The molecule has 0 unspecified atom stereocenters. The van der Waals surface area contributed by atoms with Crippen LogP contribution in [0.1, 0.15) is 16.1 Å². The maximum Gasteiger partial charge on any atom is 0.289 e. The van der Waals surface area contributed by atoms with Crippen LogP contribution in [0.25, 0.3) is 10.6 Å². The number of ether oxygens (including phenoxy) is 3. The number of hydrogen-bond donors (Lipinski definition) is 2. The Kier molecular flexibility index (Phi) is 7.32. The third-order valence-electron chi connectivity index (χ3n) is 4.18. The zero-order valence-electron chi connectivity index (χ0n) is 17.0. The van der Waals surface area contributed by atoms with Crippen LogP contribution in [0.4, 0.5) is 0 Å². The number of thiazole rings is 1. The van der Waals surface area contributed by atoms with Crippen molar-refractivity contribution in [2.75, 3.05) is 20.8 Å². The SMILES string of the molecule is COc1cccc(-c2nc(C(=O)NNC(=O)COc3ccc(Cl)c(C)c3)cs2)c1OC. The van der Waals surface area contributed by atoms with E-state index in [-0.39, 0.29) is 12.3 Å². The lowest BCUT2D eigenvalue weighted by Gasteiger charge is -2.10. The van der Waals surface area contributed by atoms with Crippen molar-refractivity contribution in [3.8, 4) is 27.8 Å². The molecule has 1 aromatic heterocycles. The Morgan fingerprint density at radius 1 is 1.13 bits per heavy atom. The van der Waals surface area contributed by atoms with E-state index in [9.17, 15) is 9.59 Å². The molecule has 0 atom stereocenters. The minimum Gasteiger partial charge on any atom is -0.493 e. The van der Waals surface area contributed by atoms with Crippen LogP contribution >= 0.6 is 22.9 Å². The van der Waals surface area contributed by atoms with Gasteiger partial charge in [-0.05, 0) is 42.8 Å². The highest BCUT2D eigenvalue weighted by atomic mass is 35.5. The van der Waals surface area contributed by atoms with E-state index < -0.39 is 11.8 Å². The molecular weight excluding hydrogens is 442 g/mol. The van der Waals surface area contributed by atoms with Crippen molar-refractivity contribution in [2.24, 2.45) is 0 Å². The maximum atomic E-state index is 12.3. The van der Waals surface area contributed by atoms with Gasteiger partial charge in [0.25, 0.3) is 11.8 Å². The average Bonchev–Trinajstić information content (AvgIpc) is 3.27. The number of aryl methyl sites for hydroxylation is 1. The molecule has 8 nitrogen and oxygen atoms in total. The number of para-hydroxylation sites is 1. The number of carbonyl (C=O) groups excluding carboxylic acids is 2. The van der Waals surface area contributed by atoms with Gasteiger partial charge in [0.05, 0.1) is 19.8 Å². The van der Waals surface area contributed by atoms with Gasteiger partial charge < -0.3 is 14.2 Å². The smallest absolute Gasteiger partial charge is 0.289 e. The van der Waals surface area contributed by atoms with Gasteiger partial charge in [0.2, 0.25) is 0 Å². The number of nitrogens with one attached hydrogen (secondary N) is 2. The highest BCUT2D eigenvalue weighted by Crippen LogP contribution is 2.38. The van der Waals surface area contributed by atoms with Crippen molar-refractivity contribution < 1.29 is 23.8 Å². The summed E-state index contributed by atoms with van der Waals surface area (Å²) in [6.07, 6.45) is 0. The van der Waals surface area contributed by atoms with Gasteiger partial charge in [0.1, 0.15) is 16.5 Å². The van der Waals surface area contributed by atoms with Crippen LogP contribution < -0.4 is 25.1 Å². The van der Waals surface area contributed by atoms with Crippen molar-refractivity contribution in [2.45, 2.75) is 6.92 Å². The number of rotatable bonds is 7. The zero-order valence-corrected chi connectivity index (χ0v) is 18.6. The summed E-state index contributed by atoms with van der Waals surface area (Å²) in [6.45, 7) is 1.56. The second kappa shape index (κ2) is 10.1. The second-order valence-corrected chi connectivity index (χ2v) is 7.55. The predicted molar refractivity (Wildman–Crippen MR) is 118 cm³/mol. The lowest BCUT2D eigenvalue weighted by molar-refractivity contribution is -0.123. The van der Waals surface area contributed by atoms with Crippen LogP contribution in [0.2, 0.25) is 5.02 Å². The molecule has 2 amide bonds. The summed E-state index contributed by atoms with van der Waals surface area (Å²) in [5.41, 5.74) is 6.30. The normalized spacial score (nSPS) is 10.3. The fraction of sp³-hybridized carbons (Fsp3) is 0.190. The summed E-state index contributed by atoms with van der Waals surface area (Å²) in [5, 5.41) is 2.77. The van der Waals surface area contributed by atoms with Gasteiger partial charge in [0.15, 0.2) is 18.1 Å². The van der Waals surface area contributed by atoms with E-state index in [4.69, 9.17) is 25.8 Å². The lowest BCUT2D eigenvalue weighted by atomic mass is 10.2. The summed E-state index contributed by atoms with van der Waals surface area (Å²) in [4.78, 5) is 28.6. The quantitative estimate of drug-likeness (QED) is 0.521. The summed E-state index contributed by atoms with van der Waals surface area (Å²) in [5.74, 6) is 0.504. The monoisotopic (exact) mass is 461 g/mol. The van der Waals surface area contributed by atoms with Gasteiger partial charge in [-0.2, -0.15) is 0 Å². The minimum absolute atomic E-state index is 0.152. The van der Waals surface area contributed by atoms with E-state index in [1.165, 1.54) is 18.4 Å². The third-order valence-corrected chi connectivity index (χ3v) is 5.48. The maximum absolute atomic E-state index is 12.3. The molecule has 0 aliphatic heterocycles. The van der Waals surface area contributed by atoms with E-state index in [0.717, 1.165) is 5.56 Å². The number of carbonyl (C=O) groups is 2. The molecule has 0 aliphatic rings. The van der Waals surface area contributed by atoms with E-state index in [1.54, 1.807) is 42.8 Å². The molecule has 2 aromatic carbocycles. The van der Waals surface area contributed by atoms with Crippen LogP contribution in [0, 0.1) is 6.92 Å². The number of hydrazine groups is 1. The van der Waals surface area contributed by atoms with Gasteiger partial charge in [0, 0.05) is 10.4 Å². The van der Waals surface area contributed by atoms with Crippen molar-refractivity contribution >= 4 is 34.8 Å². The summed E-state index contributed by atoms with van der Waals surface area (Å²) in [7, 11) is 3.08.